The minimum atomic E-state index is -4.85. The second-order valence-corrected chi connectivity index (χ2v) is 20.4. The number of benzene rings is 3. The van der Waals surface area contributed by atoms with Gasteiger partial charge in [0.2, 0.25) is 12.1 Å². The molecule has 25 heteroatoms. The van der Waals surface area contributed by atoms with Gasteiger partial charge in [-0.2, -0.15) is 25.3 Å². The van der Waals surface area contributed by atoms with Gasteiger partial charge in [0, 0.05) is 34.6 Å². The fraction of sp³-hybridized carbons (Fsp3) is 0.465. The van der Waals surface area contributed by atoms with Crippen LogP contribution in [0.5, 0.6) is 0 Å². The molecule has 9 atom stereocenters. The summed E-state index contributed by atoms with van der Waals surface area (Å²) in [5, 5.41) is 0. The van der Waals surface area contributed by atoms with Crippen molar-refractivity contribution in [3.05, 3.63) is 89.5 Å². The Hall–Kier alpha value is -5.38. The molecule has 22 nitrogen and oxygen atoms in total. The Balaban J connectivity index is 1.68. The van der Waals surface area contributed by atoms with Gasteiger partial charge < -0.3 is 37.9 Å². The highest BCUT2D eigenvalue weighted by atomic mass is 32.2. The van der Waals surface area contributed by atoms with Gasteiger partial charge in [-0.25, -0.2) is 0 Å². The molecular weight excluding hydrogens is 965 g/mol. The van der Waals surface area contributed by atoms with Crippen molar-refractivity contribution in [2.75, 3.05) is 19.8 Å². The number of hydrogen-bond acceptors (Lipinski definition) is 22. The highest BCUT2D eigenvalue weighted by molar-refractivity contribution is 7.87. The van der Waals surface area contributed by atoms with Gasteiger partial charge >= 0.3 is 29.8 Å². The lowest BCUT2D eigenvalue weighted by molar-refractivity contribution is -0.382. The highest BCUT2D eigenvalue weighted by Crippen LogP contribution is 2.42. The molecule has 0 bridgehead atoms. The van der Waals surface area contributed by atoms with Crippen LogP contribution in [0, 0.1) is 20.8 Å². The quantitative estimate of drug-likeness (QED) is 0.0947. The molecular formula is C43H50O22S3. The summed E-state index contributed by atoms with van der Waals surface area (Å²) < 4.78 is 144. The standard InChI is InChI=1S/C43H50O22S3/c1-24-9-15-32(16-10-24)66(49,50)55-21-35-37(58-27(4)44)39(60-29(6)46)40(61-30(7)47)42(63-35)65-43(23-57-68(53,54)34-19-13-26(3)14-20-34)41(62-31(8)48)38(59-28(5)45)36(64-43)22-56-67(51,52)33-17-11-25(2)12-18-33/h9-20,35-42H,21-23H2,1-8H3/t35?,36-,37-,38-,39?,40+,41+,42-,43?/m1/s1. The Morgan fingerprint density at radius 2 is 0.824 bits per heavy atom. The summed E-state index contributed by atoms with van der Waals surface area (Å²) in [6.07, 6.45) is -16.0. The molecule has 2 heterocycles. The van der Waals surface area contributed by atoms with Gasteiger partial charge in [0.1, 0.15) is 18.8 Å². The normalized spacial score (nSPS) is 25.2. The average Bonchev–Trinajstić information content (AvgIpc) is 3.50. The Labute approximate surface area is 392 Å². The molecule has 0 N–H and O–H groups in total. The predicted molar refractivity (Wildman–Crippen MR) is 228 cm³/mol. The zero-order valence-electron chi connectivity index (χ0n) is 37.9. The van der Waals surface area contributed by atoms with Crippen molar-refractivity contribution in [3.8, 4) is 0 Å². The van der Waals surface area contributed by atoms with Crippen LogP contribution in [0.15, 0.2) is 87.5 Å². The van der Waals surface area contributed by atoms with E-state index in [0.29, 0.717) is 16.7 Å². The van der Waals surface area contributed by atoms with Crippen LogP contribution in [0.2, 0.25) is 0 Å². The molecule has 2 saturated heterocycles. The van der Waals surface area contributed by atoms with E-state index in [2.05, 4.69) is 0 Å². The molecule has 5 rings (SSSR count). The Morgan fingerprint density at radius 3 is 1.24 bits per heavy atom. The molecule has 3 unspecified atom stereocenters. The molecule has 0 amide bonds. The predicted octanol–water partition coefficient (Wildman–Crippen LogP) is 2.62. The van der Waals surface area contributed by atoms with Crippen LogP contribution in [0.4, 0.5) is 0 Å². The van der Waals surface area contributed by atoms with E-state index in [1.165, 1.54) is 72.8 Å². The van der Waals surface area contributed by atoms with Crippen LogP contribution in [-0.4, -0.2) is 130 Å². The molecule has 372 valence electrons. The van der Waals surface area contributed by atoms with Crippen molar-refractivity contribution in [1.29, 1.82) is 0 Å². The number of aryl methyl sites for hydroxylation is 3. The van der Waals surface area contributed by atoms with Crippen molar-refractivity contribution in [2.24, 2.45) is 0 Å². The van der Waals surface area contributed by atoms with E-state index in [-0.39, 0.29) is 9.79 Å². The largest absolute Gasteiger partial charge is 0.456 e. The summed E-state index contributed by atoms with van der Waals surface area (Å²) in [4.78, 5) is 62.8. The molecule has 2 aliphatic heterocycles. The van der Waals surface area contributed by atoms with Gasteiger partial charge in [0.05, 0.1) is 27.9 Å². The summed E-state index contributed by atoms with van der Waals surface area (Å²) in [6.45, 7) is 6.25. The Morgan fingerprint density at radius 1 is 0.471 bits per heavy atom. The van der Waals surface area contributed by atoms with E-state index in [0.717, 1.165) is 34.6 Å². The zero-order chi connectivity index (χ0) is 50.4. The third-order valence-electron chi connectivity index (χ3n) is 9.98. The minimum Gasteiger partial charge on any atom is -0.456 e. The minimum absolute atomic E-state index is 0.311. The van der Waals surface area contributed by atoms with Gasteiger partial charge in [-0.3, -0.25) is 36.5 Å². The molecule has 0 spiro atoms. The molecule has 0 radical (unpaired) electrons. The maximum atomic E-state index is 13.8. The first-order valence-electron chi connectivity index (χ1n) is 20.5. The Kier molecular flexibility index (Phi) is 17.3. The first-order valence-corrected chi connectivity index (χ1v) is 24.7. The number of hydrogen-bond donors (Lipinski definition) is 0. The Bertz CT molecular complexity index is 2650. The number of carbonyl (C=O) groups is 5. The fourth-order valence-corrected chi connectivity index (χ4v) is 9.71. The van der Waals surface area contributed by atoms with E-state index in [1.54, 1.807) is 20.8 Å². The maximum Gasteiger partial charge on any atom is 0.303 e. The lowest BCUT2D eigenvalue weighted by atomic mass is 9.97. The van der Waals surface area contributed by atoms with Gasteiger partial charge in [-0.15, -0.1) is 0 Å². The van der Waals surface area contributed by atoms with Crippen LogP contribution in [0.3, 0.4) is 0 Å². The third-order valence-corrected chi connectivity index (χ3v) is 13.8. The lowest BCUT2D eigenvalue weighted by Crippen LogP contribution is -2.65. The summed E-state index contributed by atoms with van der Waals surface area (Å²) in [5.74, 6) is -8.39. The summed E-state index contributed by atoms with van der Waals surface area (Å²) in [6, 6.07) is 16.2. The third kappa shape index (κ3) is 13.7. The van der Waals surface area contributed by atoms with E-state index in [1.807, 2.05) is 0 Å². The SMILES string of the molecule is CC(=O)OC1[C@H](OC(C)=O)C(COS(=O)(=O)c2ccc(C)cc2)O[C@H](OC2(COS(=O)(=O)c3ccc(C)cc3)O[C@H](COS(=O)(=O)c3ccc(C)cc3)[C@@H](OC(C)=O)[C@@H]2OC(C)=O)[C@H]1OC(C)=O. The van der Waals surface area contributed by atoms with Crippen molar-refractivity contribution in [3.63, 3.8) is 0 Å². The monoisotopic (exact) mass is 1010 g/mol. The molecule has 68 heavy (non-hydrogen) atoms. The molecule has 0 saturated carbocycles. The van der Waals surface area contributed by atoms with Crippen LogP contribution in [-0.2, 0) is 105 Å². The second-order valence-electron chi connectivity index (χ2n) is 15.6. The number of esters is 5. The van der Waals surface area contributed by atoms with Crippen molar-refractivity contribution in [1.82, 2.24) is 0 Å². The molecule has 2 aliphatic rings. The van der Waals surface area contributed by atoms with E-state index in [4.69, 9.17) is 50.4 Å². The smallest absolute Gasteiger partial charge is 0.303 e. The zero-order valence-corrected chi connectivity index (χ0v) is 40.3. The summed E-state index contributed by atoms with van der Waals surface area (Å²) >= 11 is 0. The van der Waals surface area contributed by atoms with Crippen molar-refractivity contribution in [2.45, 2.75) is 125 Å². The molecule has 2 fully saturated rings. The van der Waals surface area contributed by atoms with Crippen LogP contribution in [0.25, 0.3) is 0 Å². The fourth-order valence-electron chi connectivity index (χ4n) is 6.95. The first-order chi connectivity index (χ1) is 31.7. The molecule has 3 aromatic rings. The van der Waals surface area contributed by atoms with E-state index in [9.17, 15) is 49.2 Å². The van der Waals surface area contributed by atoms with E-state index < -0.39 is 140 Å². The first kappa shape index (κ1) is 53.6. The topological polar surface area (TPSA) is 289 Å². The van der Waals surface area contributed by atoms with Crippen molar-refractivity contribution >= 4 is 60.2 Å². The molecule has 3 aromatic carbocycles. The summed E-state index contributed by atoms with van der Waals surface area (Å²) in [7, 11) is -14.1. The second kappa shape index (κ2) is 21.9. The highest BCUT2D eigenvalue weighted by Gasteiger charge is 2.65. The van der Waals surface area contributed by atoms with Crippen LogP contribution < -0.4 is 0 Å². The number of ether oxygens (including phenoxy) is 8. The van der Waals surface area contributed by atoms with Crippen molar-refractivity contribution < 1.29 is 99.7 Å². The van der Waals surface area contributed by atoms with Gasteiger partial charge in [0.15, 0.2) is 30.5 Å². The number of carbonyl (C=O) groups excluding carboxylic acids is 5. The molecule has 0 aliphatic carbocycles. The number of rotatable bonds is 19. The van der Waals surface area contributed by atoms with Crippen LogP contribution in [0.1, 0.15) is 51.3 Å². The van der Waals surface area contributed by atoms with Gasteiger partial charge in [0.25, 0.3) is 30.4 Å². The van der Waals surface area contributed by atoms with Gasteiger partial charge in [-0.1, -0.05) is 53.1 Å². The maximum absolute atomic E-state index is 13.8. The van der Waals surface area contributed by atoms with E-state index >= 15 is 0 Å². The van der Waals surface area contributed by atoms with Gasteiger partial charge in [-0.05, 0) is 57.2 Å². The average molecular weight is 1020 g/mol. The summed E-state index contributed by atoms with van der Waals surface area (Å²) in [5.41, 5.74) is 2.08. The van der Waals surface area contributed by atoms with Crippen LogP contribution >= 0.6 is 0 Å². The lowest BCUT2D eigenvalue weighted by Gasteiger charge is -2.46. The molecule has 0 aromatic heterocycles.